The Hall–Kier alpha value is -2.35. The first kappa shape index (κ1) is 22.3. The summed E-state index contributed by atoms with van der Waals surface area (Å²) in [6.45, 7) is 8.51. The van der Waals surface area contributed by atoms with Crippen LogP contribution in [0.5, 0.6) is 0 Å². The van der Waals surface area contributed by atoms with Crippen molar-refractivity contribution in [2.24, 2.45) is 0 Å². The van der Waals surface area contributed by atoms with Crippen LogP contribution in [0.3, 0.4) is 0 Å². The molecule has 3 rings (SSSR count). The van der Waals surface area contributed by atoms with Gasteiger partial charge < -0.3 is 15.2 Å². The summed E-state index contributed by atoms with van der Waals surface area (Å²) in [5.74, 6) is 0.505. The molecular weight excluding hydrogens is 398 g/mol. The predicted molar refractivity (Wildman–Crippen MR) is 120 cm³/mol. The summed E-state index contributed by atoms with van der Waals surface area (Å²) in [4.78, 5) is 25.1. The van der Waals surface area contributed by atoms with Crippen molar-refractivity contribution in [1.29, 1.82) is 0 Å². The molecule has 1 aromatic carbocycles. The number of benzene rings is 1. The fourth-order valence-corrected chi connectivity index (χ4v) is 4.69. The monoisotopic (exact) mass is 429 g/mol. The zero-order valence-corrected chi connectivity index (χ0v) is 19.0. The molecule has 2 amide bonds. The molecule has 1 aromatic heterocycles. The molecule has 1 fully saturated rings. The first-order valence-electron chi connectivity index (χ1n) is 10.6. The van der Waals surface area contributed by atoms with Crippen molar-refractivity contribution in [3.05, 3.63) is 35.2 Å². The minimum atomic E-state index is -0.267. The molecule has 7 nitrogen and oxygen atoms in total. The van der Waals surface area contributed by atoms with E-state index in [0.29, 0.717) is 23.6 Å². The number of nitrogens with one attached hydrogen (secondary N) is 2. The highest BCUT2D eigenvalue weighted by Crippen LogP contribution is 2.24. The number of anilines is 1. The largest absolute Gasteiger partial charge is 0.352 e. The lowest BCUT2D eigenvalue weighted by molar-refractivity contribution is -0.121. The summed E-state index contributed by atoms with van der Waals surface area (Å²) in [6.07, 6.45) is 4.63. The van der Waals surface area contributed by atoms with Gasteiger partial charge in [0.15, 0.2) is 5.16 Å². The summed E-state index contributed by atoms with van der Waals surface area (Å²) in [6, 6.07) is 6.23. The number of amides is 2. The van der Waals surface area contributed by atoms with E-state index in [1.807, 2.05) is 50.5 Å². The lowest BCUT2D eigenvalue weighted by Crippen LogP contribution is -2.37. The van der Waals surface area contributed by atoms with Crippen LogP contribution in [0.2, 0.25) is 0 Å². The molecule has 1 unspecified atom stereocenters. The zero-order chi connectivity index (χ0) is 21.7. The average Bonchev–Trinajstić information content (AvgIpc) is 3.33. The maximum absolute atomic E-state index is 12.6. The first-order valence-corrected chi connectivity index (χ1v) is 11.5. The van der Waals surface area contributed by atoms with Crippen molar-refractivity contribution in [2.75, 3.05) is 5.32 Å². The van der Waals surface area contributed by atoms with Gasteiger partial charge >= 0.3 is 0 Å². The predicted octanol–water partition coefficient (Wildman–Crippen LogP) is 3.64. The molecule has 2 N–H and O–H groups in total. The van der Waals surface area contributed by atoms with E-state index in [0.717, 1.165) is 29.7 Å². The molecule has 0 aliphatic heterocycles. The summed E-state index contributed by atoms with van der Waals surface area (Å²) >= 11 is 1.39. The molecule has 0 bridgehead atoms. The third kappa shape index (κ3) is 5.62. The van der Waals surface area contributed by atoms with Gasteiger partial charge in [-0.2, -0.15) is 0 Å². The molecule has 0 spiro atoms. The van der Waals surface area contributed by atoms with Gasteiger partial charge in [0, 0.05) is 18.3 Å². The van der Waals surface area contributed by atoms with Crippen LogP contribution in [-0.4, -0.2) is 37.9 Å². The van der Waals surface area contributed by atoms with Crippen LogP contribution in [-0.2, 0) is 22.6 Å². The molecule has 1 aliphatic rings. The Bertz CT molecular complexity index is 905. The van der Waals surface area contributed by atoms with Crippen molar-refractivity contribution in [2.45, 2.75) is 82.8 Å². The van der Waals surface area contributed by atoms with E-state index < -0.39 is 0 Å². The second-order valence-corrected chi connectivity index (χ2v) is 9.24. The van der Waals surface area contributed by atoms with Gasteiger partial charge in [-0.1, -0.05) is 42.3 Å². The molecule has 1 heterocycles. The second kappa shape index (κ2) is 10.1. The van der Waals surface area contributed by atoms with Crippen molar-refractivity contribution in [3.63, 3.8) is 0 Å². The summed E-state index contributed by atoms with van der Waals surface area (Å²) in [5, 5.41) is 15.0. The van der Waals surface area contributed by atoms with Crippen LogP contribution < -0.4 is 10.6 Å². The Kier molecular flexibility index (Phi) is 7.53. The molecule has 162 valence electrons. The van der Waals surface area contributed by atoms with Crippen LogP contribution >= 0.6 is 11.8 Å². The number of aryl methyl sites for hydroxylation is 2. The number of hydrogen-bond donors (Lipinski definition) is 2. The lowest BCUT2D eigenvalue weighted by Gasteiger charge is -2.16. The van der Waals surface area contributed by atoms with E-state index in [2.05, 4.69) is 20.8 Å². The van der Waals surface area contributed by atoms with Crippen molar-refractivity contribution in [1.82, 2.24) is 20.1 Å². The maximum atomic E-state index is 12.6. The number of carbonyl (C=O) groups excluding carboxylic acids is 2. The molecule has 8 heteroatoms. The molecule has 0 radical (unpaired) electrons. The van der Waals surface area contributed by atoms with E-state index in [4.69, 9.17) is 0 Å². The normalized spacial score (nSPS) is 15.2. The Labute approximate surface area is 182 Å². The van der Waals surface area contributed by atoms with E-state index in [1.54, 1.807) is 0 Å². The van der Waals surface area contributed by atoms with Crippen molar-refractivity contribution >= 4 is 29.3 Å². The lowest BCUT2D eigenvalue weighted by atomic mass is 10.1. The molecular formula is C22H31N5O2S. The summed E-state index contributed by atoms with van der Waals surface area (Å²) in [7, 11) is 0. The first-order chi connectivity index (χ1) is 14.4. The molecule has 1 saturated carbocycles. The number of rotatable bonds is 8. The van der Waals surface area contributed by atoms with Crippen LogP contribution in [0.15, 0.2) is 23.4 Å². The van der Waals surface area contributed by atoms with Crippen LogP contribution in [0.1, 0.15) is 56.5 Å². The zero-order valence-electron chi connectivity index (χ0n) is 18.2. The second-order valence-electron chi connectivity index (χ2n) is 7.94. The van der Waals surface area contributed by atoms with E-state index in [9.17, 15) is 9.59 Å². The minimum Gasteiger partial charge on any atom is -0.352 e. The van der Waals surface area contributed by atoms with Crippen molar-refractivity contribution in [3.8, 4) is 0 Å². The molecule has 0 saturated heterocycles. The molecule has 30 heavy (non-hydrogen) atoms. The minimum absolute atomic E-state index is 0.0340. The Balaban J connectivity index is 1.61. The van der Waals surface area contributed by atoms with Crippen molar-refractivity contribution < 1.29 is 9.59 Å². The van der Waals surface area contributed by atoms with Gasteiger partial charge in [0.2, 0.25) is 11.8 Å². The molecule has 1 atom stereocenters. The highest BCUT2D eigenvalue weighted by atomic mass is 32.2. The van der Waals surface area contributed by atoms with Gasteiger partial charge in [0.1, 0.15) is 5.82 Å². The van der Waals surface area contributed by atoms with Crippen LogP contribution in [0, 0.1) is 13.8 Å². The van der Waals surface area contributed by atoms with E-state index in [1.165, 1.54) is 24.6 Å². The number of hydrogen-bond acceptors (Lipinski definition) is 5. The van der Waals surface area contributed by atoms with Gasteiger partial charge in [0.05, 0.1) is 11.7 Å². The molecule has 2 aromatic rings. The Morgan fingerprint density at radius 2 is 1.97 bits per heavy atom. The SMILES string of the molecule is CCn1c(CC(=O)Nc2ccc(C)cc2C)nnc1SC(C)C(=O)NC1CCCC1. The number of carbonyl (C=O) groups is 2. The van der Waals surface area contributed by atoms with E-state index >= 15 is 0 Å². The van der Waals surface area contributed by atoms with Gasteiger partial charge in [-0.25, -0.2) is 0 Å². The highest BCUT2D eigenvalue weighted by Gasteiger charge is 2.24. The summed E-state index contributed by atoms with van der Waals surface area (Å²) < 4.78 is 1.91. The quantitative estimate of drug-likeness (QED) is 0.626. The third-order valence-corrected chi connectivity index (χ3v) is 6.52. The highest BCUT2D eigenvalue weighted by molar-refractivity contribution is 8.00. The smallest absolute Gasteiger partial charge is 0.233 e. The fourth-order valence-electron chi connectivity index (χ4n) is 3.75. The third-order valence-electron chi connectivity index (χ3n) is 5.44. The Morgan fingerprint density at radius 3 is 2.63 bits per heavy atom. The average molecular weight is 430 g/mol. The number of thioether (sulfide) groups is 1. The molecule has 1 aliphatic carbocycles. The van der Waals surface area contributed by atoms with Gasteiger partial charge in [-0.05, 0) is 52.2 Å². The van der Waals surface area contributed by atoms with Gasteiger partial charge in [-0.3, -0.25) is 9.59 Å². The van der Waals surface area contributed by atoms with Gasteiger partial charge in [0.25, 0.3) is 0 Å². The topological polar surface area (TPSA) is 88.9 Å². The van der Waals surface area contributed by atoms with Crippen LogP contribution in [0.4, 0.5) is 5.69 Å². The number of nitrogens with zero attached hydrogens (tertiary/aromatic N) is 3. The number of aromatic nitrogens is 3. The van der Waals surface area contributed by atoms with Crippen LogP contribution in [0.25, 0.3) is 0 Å². The van der Waals surface area contributed by atoms with Gasteiger partial charge in [-0.15, -0.1) is 10.2 Å². The van der Waals surface area contributed by atoms with E-state index in [-0.39, 0.29) is 23.5 Å². The maximum Gasteiger partial charge on any atom is 0.233 e. The Morgan fingerprint density at radius 1 is 1.23 bits per heavy atom. The fraction of sp³-hybridized carbons (Fsp3) is 0.545. The standard InChI is InChI=1S/C22H31N5O2S/c1-5-27-19(13-20(28)24-18-11-10-14(2)12-15(18)3)25-26-22(27)30-16(4)21(29)23-17-8-6-7-9-17/h10-12,16-17H,5-9,13H2,1-4H3,(H,23,29)(H,24,28). The summed E-state index contributed by atoms with van der Waals surface area (Å²) in [5.41, 5.74) is 2.99.